The lowest BCUT2D eigenvalue weighted by Gasteiger charge is -2.19. The molecule has 0 bridgehead atoms. The fraction of sp³-hybridized carbons (Fsp3) is 0.700. The molecule has 1 saturated heterocycles. The van der Waals surface area contributed by atoms with E-state index < -0.39 is 0 Å². The Balaban J connectivity index is 1.91. The molecular formula is C10H16N4O3. The molecule has 1 aromatic heterocycles. The van der Waals surface area contributed by atoms with Crippen LogP contribution in [-0.2, 0) is 0 Å². The van der Waals surface area contributed by atoms with Gasteiger partial charge in [0.05, 0.1) is 6.10 Å². The van der Waals surface area contributed by atoms with Gasteiger partial charge in [-0.15, -0.1) is 0 Å². The van der Waals surface area contributed by atoms with Gasteiger partial charge >= 0.3 is 0 Å². The summed E-state index contributed by atoms with van der Waals surface area (Å²) < 4.78 is 4.76. The fourth-order valence-electron chi connectivity index (χ4n) is 1.91. The van der Waals surface area contributed by atoms with E-state index in [4.69, 9.17) is 4.52 Å². The Morgan fingerprint density at radius 2 is 2.47 bits per heavy atom. The summed E-state index contributed by atoms with van der Waals surface area (Å²) in [5.41, 5.74) is 0. The zero-order valence-electron chi connectivity index (χ0n) is 9.88. The van der Waals surface area contributed by atoms with E-state index in [0.717, 1.165) is 0 Å². The average Bonchev–Trinajstić information content (AvgIpc) is 2.87. The summed E-state index contributed by atoms with van der Waals surface area (Å²) in [6, 6.07) is 0.118. The Bertz CT molecular complexity index is 406. The van der Waals surface area contributed by atoms with Gasteiger partial charge in [-0.25, -0.2) is 0 Å². The van der Waals surface area contributed by atoms with Crippen molar-refractivity contribution in [2.24, 2.45) is 0 Å². The maximum atomic E-state index is 11.9. The van der Waals surface area contributed by atoms with Crippen LogP contribution in [0.1, 0.15) is 22.9 Å². The van der Waals surface area contributed by atoms with Crippen molar-refractivity contribution in [3.05, 3.63) is 11.7 Å². The molecule has 17 heavy (non-hydrogen) atoms. The zero-order chi connectivity index (χ0) is 12.4. The number of likely N-dealkylation sites (N-methyl/N-ethyl adjacent to an activating group) is 1. The molecule has 2 N–H and O–H groups in total. The van der Waals surface area contributed by atoms with E-state index in [1.807, 2.05) is 0 Å². The first-order valence-corrected chi connectivity index (χ1v) is 5.53. The average molecular weight is 240 g/mol. The molecule has 2 rings (SSSR count). The van der Waals surface area contributed by atoms with Crippen molar-refractivity contribution >= 4 is 5.91 Å². The molecule has 7 heteroatoms. The number of rotatable bonds is 3. The molecule has 0 unspecified atom stereocenters. The quantitative estimate of drug-likeness (QED) is 0.716. The van der Waals surface area contributed by atoms with Crippen molar-refractivity contribution in [2.75, 3.05) is 20.1 Å². The number of carbonyl (C=O) groups is 1. The van der Waals surface area contributed by atoms with Crippen molar-refractivity contribution < 1.29 is 14.4 Å². The number of hydrogen-bond donors (Lipinski definition) is 2. The third-order valence-electron chi connectivity index (χ3n) is 2.76. The third kappa shape index (κ3) is 2.80. The summed E-state index contributed by atoms with van der Waals surface area (Å²) in [4.78, 5) is 17.3. The minimum absolute atomic E-state index is 0.0727. The van der Waals surface area contributed by atoms with Gasteiger partial charge in [-0.3, -0.25) is 4.79 Å². The second kappa shape index (κ2) is 4.80. The molecule has 0 spiro atoms. The molecule has 0 saturated carbocycles. The number of aliphatic hydroxyl groups excluding tert-OH is 1. The monoisotopic (exact) mass is 240 g/mol. The minimum Gasteiger partial charge on any atom is -0.392 e. The van der Waals surface area contributed by atoms with Crippen LogP contribution in [0.2, 0.25) is 0 Å². The molecule has 1 fully saturated rings. The van der Waals surface area contributed by atoms with Crippen molar-refractivity contribution in [3.63, 3.8) is 0 Å². The highest BCUT2D eigenvalue weighted by Gasteiger charge is 2.26. The minimum atomic E-state index is -0.323. The lowest BCUT2D eigenvalue weighted by Crippen LogP contribution is -2.39. The van der Waals surface area contributed by atoms with Gasteiger partial charge < -0.3 is 19.8 Å². The zero-order valence-corrected chi connectivity index (χ0v) is 9.88. The van der Waals surface area contributed by atoms with Gasteiger partial charge in [0.25, 0.3) is 11.7 Å². The molecule has 1 aromatic rings. The number of aryl methyl sites for hydroxylation is 1. The van der Waals surface area contributed by atoms with Crippen LogP contribution in [0.4, 0.5) is 0 Å². The Morgan fingerprint density at radius 1 is 1.71 bits per heavy atom. The molecule has 1 aliphatic heterocycles. The number of nitrogens with one attached hydrogen (secondary N) is 1. The number of hydrogen-bond acceptors (Lipinski definition) is 6. The van der Waals surface area contributed by atoms with Crippen LogP contribution in [0.15, 0.2) is 4.52 Å². The first kappa shape index (κ1) is 12.0. The van der Waals surface area contributed by atoms with Crippen LogP contribution >= 0.6 is 0 Å². The number of aromatic nitrogens is 2. The van der Waals surface area contributed by atoms with Gasteiger partial charge in [0, 0.05) is 33.1 Å². The SMILES string of the molecule is Cc1nc(C(=O)N(C)C[C@@H]2C[C@@H](O)CN2)no1. The van der Waals surface area contributed by atoms with Crippen molar-refractivity contribution in [3.8, 4) is 0 Å². The molecule has 0 aliphatic carbocycles. The Morgan fingerprint density at radius 3 is 3.00 bits per heavy atom. The summed E-state index contributed by atoms with van der Waals surface area (Å²) in [7, 11) is 1.68. The summed E-state index contributed by atoms with van der Waals surface area (Å²) in [6.45, 7) is 2.73. The first-order chi connectivity index (χ1) is 8.06. The maximum Gasteiger partial charge on any atom is 0.295 e. The molecular weight excluding hydrogens is 224 g/mol. The van der Waals surface area contributed by atoms with Crippen LogP contribution in [0, 0.1) is 6.92 Å². The van der Waals surface area contributed by atoms with Gasteiger partial charge in [0.15, 0.2) is 0 Å². The molecule has 94 valence electrons. The Labute approximate surface area is 98.8 Å². The predicted molar refractivity (Wildman–Crippen MR) is 58.4 cm³/mol. The number of β-amino-alcohol motifs (C(OH)–C–C–N with tert-alkyl or cyclic N) is 1. The highest BCUT2D eigenvalue weighted by Crippen LogP contribution is 2.08. The molecule has 2 heterocycles. The van der Waals surface area contributed by atoms with Crippen LogP contribution in [0.3, 0.4) is 0 Å². The van der Waals surface area contributed by atoms with Crippen molar-refractivity contribution in [1.29, 1.82) is 0 Å². The van der Waals surface area contributed by atoms with Gasteiger partial charge in [-0.05, 0) is 6.42 Å². The first-order valence-electron chi connectivity index (χ1n) is 5.53. The molecule has 2 atom stereocenters. The summed E-state index contributed by atoms with van der Waals surface area (Å²) >= 11 is 0. The highest BCUT2D eigenvalue weighted by atomic mass is 16.5. The van der Waals surface area contributed by atoms with Gasteiger partial charge in [0.1, 0.15) is 0 Å². The summed E-state index contributed by atoms with van der Waals surface area (Å²) in [6.07, 6.45) is 0.332. The van der Waals surface area contributed by atoms with E-state index in [1.165, 1.54) is 4.90 Å². The lowest BCUT2D eigenvalue weighted by molar-refractivity contribution is 0.0765. The maximum absolute atomic E-state index is 11.9. The van der Waals surface area contributed by atoms with Crippen molar-refractivity contribution in [2.45, 2.75) is 25.5 Å². The molecule has 0 aromatic carbocycles. The number of aliphatic hydroxyl groups is 1. The van der Waals surface area contributed by atoms with E-state index in [1.54, 1.807) is 14.0 Å². The van der Waals surface area contributed by atoms with Crippen LogP contribution < -0.4 is 5.32 Å². The van der Waals surface area contributed by atoms with Crippen molar-refractivity contribution in [1.82, 2.24) is 20.4 Å². The normalized spacial score (nSPS) is 23.9. The largest absolute Gasteiger partial charge is 0.392 e. The second-order valence-corrected chi connectivity index (χ2v) is 4.32. The fourth-order valence-corrected chi connectivity index (χ4v) is 1.91. The van der Waals surface area contributed by atoms with E-state index in [-0.39, 0.29) is 23.9 Å². The number of carbonyl (C=O) groups excluding carboxylic acids is 1. The smallest absolute Gasteiger partial charge is 0.295 e. The third-order valence-corrected chi connectivity index (χ3v) is 2.76. The topological polar surface area (TPSA) is 91.5 Å². The second-order valence-electron chi connectivity index (χ2n) is 4.32. The highest BCUT2D eigenvalue weighted by molar-refractivity contribution is 5.90. The molecule has 1 amide bonds. The van der Waals surface area contributed by atoms with E-state index in [9.17, 15) is 9.90 Å². The van der Waals surface area contributed by atoms with Crippen LogP contribution in [-0.4, -0.2) is 58.3 Å². The Kier molecular flexibility index (Phi) is 3.39. The standard InChI is InChI=1S/C10H16N4O3/c1-6-12-9(13-17-6)10(16)14(2)5-7-3-8(15)4-11-7/h7-8,11,15H,3-5H2,1-2H3/t7-,8+/m0/s1. The summed E-state index contributed by atoms with van der Waals surface area (Å²) in [5, 5.41) is 16.1. The molecule has 1 aliphatic rings. The summed E-state index contributed by atoms with van der Waals surface area (Å²) in [5.74, 6) is 0.171. The van der Waals surface area contributed by atoms with Crippen LogP contribution in [0.5, 0.6) is 0 Å². The van der Waals surface area contributed by atoms with E-state index in [2.05, 4.69) is 15.5 Å². The predicted octanol–water partition coefficient (Wildman–Crippen LogP) is -0.827. The van der Waals surface area contributed by atoms with E-state index in [0.29, 0.717) is 25.4 Å². The van der Waals surface area contributed by atoms with Gasteiger partial charge in [-0.2, -0.15) is 4.98 Å². The lowest BCUT2D eigenvalue weighted by atomic mass is 10.2. The van der Waals surface area contributed by atoms with Gasteiger partial charge in [-0.1, -0.05) is 5.16 Å². The molecule has 0 radical (unpaired) electrons. The number of nitrogens with zero attached hydrogens (tertiary/aromatic N) is 3. The number of amides is 1. The Hall–Kier alpha value is -1.47. The molecule has 7 nitrogen and oxygen atoms in total. The van der Waals surface area contributed by atoms with Crippen LogP contribution in [0.25, 0.3) is 0 Å². The van der Waals surface area contributed by atoms with Gasteiger partial charge in [0.2, 0.25) is 5.89 Å². The van der Waals surface area contributed by atoms with E-state index >= 15 is 0 Å².